The Kier molecular flexibility index (Phi) is 4.36. The van der Waals surface area contributed by atoms with Gasteiger partial charge in [-0.2, -0.15) is 8.78 Å². The molecular weight excluding hydrogens is 302 g/mol. The molecule has 0 N–H and O–H groups in total. The van der Waals surface area contributed by atoms with Crippen molar-refractivity contribution in [2.45, 2.75) is 31.6 Å². The Balaban J connectivity index is 2.13. The van der Waals surface area contributed by atoms with Crippen LogP contribution in [0, 0.1) is 0 Å². The summed E-state index contributed by atoms with van der Waals surface area (Å²) in [6.07, 6.45) is 1.71. The molecule has 0 spiro atoms. The second-order valence-electron chi connectivity index (χ2n) is 5.55. The lowest BCUT2D eigenvalue weighted by Crippen LogP contribution is -2.33. The molecule has 1 aromatic heterocycles. The molecular formula is C13H18F2N2O3S. The van der Waals surface area contributed by atoms with Crippen molar-refractivity contribution >= 4 is 15.7 Å². The summed E-state index contributed by atoms with van der Waals surface area (Å²) in [7, 11) is -3.16. The van der Waals surface area contributed by atoms with Gasteiger partial charge in [0.15, 0.2) is 9.84 Å². The normalized spacial score (nSPS) is 21.1. The first-order valence-corrected chi connectivity index (χ1v) is 8.25. The number of sulfone groups is 1. The average Bonchev–Trinajstić information content (AvgIpc) is 2.48. The standard InChI is InChI=1S/C13H18F2N2O3S/c1-13(2)5-6-17(7-8-21(13,18)19)11-4-3-10(9-16-11)20-12(14)15/h3-4,9,12H,5-8H2,1-2H3. The molecule has 0 bridgehead atoms. The van der Waals surface area contributed by atoms with Crippen LogP contribution in [0.2, 0.25) is 0 Å². The summed E-state index contributed by atoms with van der Waals surface area (Å²) in [6, 6.07) is 2.96. The van der Waals surface area contributed by atoms with Crippen molar-refractivity contribution in [3.63, 3.8) is 0 Å². The van der Waals surface area contributed by atoms with Crippen LogP contribution in [0.25, 0.3) is 0 Å². The zero-order valence-corrected chi connectivity index (χ0v) is 12.7. The van der Waals surface area contributed by atoms with Crippen LogP contribution in [0.1, 0.15) is 20.3 Å². The first-order valence-electron chi connectivity index (χ1n) is 6.59. The Labute approximate surface area is 122 Å². The van der Waals surface area contributed by atoms with Crippen LogP contribution in [0.15, 0.2) is 18.3 Å². The zero-order valence-electron chi connectivity index (χ0n) is 11.9. The van der Waals surface area contributed by atoms with Crippen LogP contribution in [-0.2, 0) is 9.84 Å². The number of alkyl halides is 2. The third-order valence-electron chi connectivity index (χ3n) is 3.73. The molecule has 118 valence electrons. The predicted octanol–water partition coefficient (Wildman–Crippen LogP) is 2.09. The molecule has 8 heteroatoms. The molecule has 0 unspecified atom stereocenters. The Bertz CT molecular complexity index is 588. The van der Waals surface area contributed by atoms with E-state index in [2.05, 4.69) is 9.72 Å². The lowest BCUT2D eigenvalue weighted by molar-refractivity contribution is -0.0500. The van der Waals surface area contributed by atoms with Crippen molar-refractivity contribution in [3.8, 4) is 5.75 Å². The lowest BCUT2D eigenvalue weighted by atomic mass is 10.1. The second-order valence-corrected chi connectivity index (χ2v) is 8.29. The fourth-order valence-electron chi connectivity index (χ4n) is 2.14. The average molecular weight is 320 g/mol. The van der Waals surface area contributed by atoms with E-state index in [0.717, 1.165) is 0 Å². The Hall–Kier alpha value is -1.44. The van der Waals surface area contributed by atoms with Gasteiger partial charge in [-0.1, -0.05) is 0 Å². The summed E-state index contributed by atoms with van der Waals surface area (Å²) in [5, 5.41) is 0. The maximum Gasteiger partial charge on any atom is 0.387 e. The van der Waals surface area contributed by atoms with E-state index < -0.39 is 21.2 Å². The van der Waals surface area contributed by atoms with Crippen LogP contribution in [0.4, 0.5) is 14.6 Å². The summed E-state index contributed by atoms with van der Waals surface area (Å²) in [6.45, 7) is 1.45. The van der Waals surface area contributed by atoms with Crippen LogP contribution < -0.4 is 9.64 Å². The molecule has 1 fully saturated rings. The molecule has 0 aromatic carbocycles. The first-order chi connectivity index (χ1) is 9.71. The van der Waals surface area contributed by atoms with Crippen LogP contribution in [-0.4, -0.2) is 43.6 Å². The molecule has 0 radical (unpaired) electrons. The van der Waals surface area contributed by atoms with Gasteiger partial charge in [0, 0.05) is 13.1 Å². The highest BCUT2D eigenvalue weighted by atomic mass is 32.2. The molecule has 2 rings (SSSR count). The maximum absolute atomic E-state index is 12.1. The van der Waals surface area contributed by atoms with Gasteiger partial charge in [-0.3, -0.25) is 0 Å². The highest BCUT2D eigenvalue weighted by Gasteiger charge is 2.37. The zero-order chi connectivity index (χ0) is 15.7. The largest absolute Gasteiger partial charge is 0.433 e. The van der Waals surface area contributed by atoms with E-state index in [9.17, 15) is 17.2 Å². The Morgan fingerprint density at radius 3 is 2.62 bits per heavy atom. The first kappa shape index (κ1) is 15.9. The van der Waals surface area contributed by atoms with Crippen molar-refractivity contribution in [2.75, 3.05) is 23.7 Å². The molecule has 0 amide bonds. The SMILES string of the molecule is CC1(C)CCN(c2ccc(OC(F)F)cn2)CCS1(=O)=O. The molecule has 0 atom stereocenters. The van der Waals surface area contributed by atoms with E-state index in [1.807, 2.05) is 4.90 Å². The number of hydrogen-bond donors (Lipinski definition) is 0. The van der Waals surface area contributed by atoms with E-state index in [4.69, 9.17) is 0 Å². The van der Waals surface area contributed by atoms with Gasteiger partial charge < -0.3 is 9.64 Å². The molecule has 1 aliphatic heterocycles. The number of rotatable bonds is 3. The van der Waals surface area contributed by atoms with E-state index in [1.165, 1.54) is 12.3 Å². The van der Waals surface area contributed by atoms with Crippen LogP contribution >= 0.6 is 0 Å². The Morgan fingerprint density at radius 1 is 1.33 bits per heavy atom. The summed E-state index contributed by atoms with van der Waals surface area (Å²) >= 11 is 0. The highest BCUT2D eigenvalue weighted by Crippen LogP contribution is 2.27. The van der Waals surface area contributed by atoms with Gasteiger partial charge >= 0.3 is 6.61 Å². The Morgan fingerprint density at radius 2 is 2.05 bits per heavy atom. The van der Waals surface area contributed by atoms with E-state index >= 15 is 0 Å². The van der Waals surface area contributed by atoms with E-state index in [-0.39, 0.29) is 11.5 Å². The molecule has 5 nitrogen and oxygen atoms in total. The predicted molar refractivity (Wildman–Crippen MR) is 75.6 cm³/mol. The van der Waals surface area contributed by atoms with Crippen molar-refractivity contribution in [1.82, 2.24) is 4.98 Å². The maximum atomic E-state index is 12.1. The fourth-order valence-corrected chi connectivity index (χ4v) is 3.56. The van der Waals surface area contributed by atoms with Crippen LogP contribution in [0.5, 0.6) is 5.75 Å². The third kappa shape index (κ3) is 3.61. The summed E-state index contributed by atoms with van der Waals surface area (Å²) in [4.78, 5) is 5.91. The van der Waals surface area contributed by atoms with Crippen molar-refractivity contribution in [3.05, 3.63) is 18.3 Å². The minimum Gasteiger partial charge on any atom is -0.433 e. The van der Waals surface area contributed by atoms with Gasteiger partial charge in [-0.25, -0.2) is 13.4 Å². The van der Waals surface area contributed by atoms with Crippen molar-refractivity contribution in [2.24, 2.45) is 0 Å². The van der Waals surface area contributed by atoms with Gasteiger partial charge in [0.1, 0.15) is 11.6 Å². The summed E-state index contributed by atoms with van der Waals surface area (Å²) in [5.41, 5.74) is 0. The minimum atomic E-state index is -3.16. The second kappa shape index (κ2) is 5.75. The molecule has 2 heterocycles. The van der Waals surface area contributed by atoms with Gasteiger partial charge in [-0.15, -0.1) is 0 Å². The van der Waals surface area contributed by atoms with Gasteiger partial charge in [-0.05, 0) is 32.4 Å². The van der Waals surface area contributed by atoms with Gasteiger partial charge in [0.05, 0.1) is 16.7 Å². The number of hydrogen-bond acceptors (Lipinski definition) is 5. The highest BCUT2D eigenvalue weighted by molar-refractivity contribution is 7.92. The molecule has 21 heavy (non-hydrogen) atoms. The topological polar surface area (TPSA) is 59.5 Å². The number of anilines is 1. The molecule has 1 aromatic rings. The molecule has 1 aliphatic rings. The number of aromatic nitrogens is 1. The van der Waals surface area contributed by atoms with E-state index in [0.29, 0.717) is 25.3 Å². The van der Waals surface area contributed by atoms with E-state index in [1.54, 1.807) is 19.9 Å². The summed E-state index contributed by atoms with van der Waals surface area (Å²) in [5.74, 6) is 0.595. The van der Waals surface area contributed by atoms with Crippen LogP contribution in [0.3, 0.4) is 0 Å². The molecule has 0 saturated carbocycles. The quantitative estimate of drug-likeness (QED) is 0.853. The number of ether oxygens (including phenoxy) is 1. The summed E-state index contributed by atoms with van der Waals surface area (Å²) < 4.78 is 51.9. The fraction of sp³-hybridized carbons (Fsp3) is 0.615. The number of nitrogens with zero attached hydrogens (tertiary/aromatic N) is 2. The molecule has 1 saturated heterocycles. The van der Waals surface area contributed by atoms with Gasteiger partial charge in [0.25, 0.3) is 0 Å². The van der Waals surface area contributed by atoms with Crippen molar-refractivity contribution in [1.29, 1.82) is 0 Å². The number of halogens is 2. The molecule has 0 aliphatic carbocycles. The minimum absolute atomic E-state index is 0.0171. The van der Waals surface area contributed by atoms with Crippen molar-refractivity contribution < 1.29 is 21.9 Å². The monoisotopic (exact) mass is 320 g/mol. The third-order valence-corrected chi connectivity index (χ3v) is 6.33. The van der Waals surface area contributed by atoms with Gasteiger partial charge in [0.2, 0.25) is 0 Å². The number of pyridine rings is 1. The lowest BCUT2D eigenvalue weighted by Gasteiger charge is -2.23. The smallest absolute Gasteiger partial charge is 0.387 e.